The zero-order chi connectivity index (χ0) is 11.3. The molecule has 4 nitrogen and oxygen atoms in total. The molecule has 1 fully saturated rings. The van der Waals surface area contributed by atoms with E-state index in [1.807, 2.05) is 6.92 Å². The second-order valence-corrected chi connectivity index (χ2v) is 4.05. The molecule has 1 atom stereocenters. The molecule has 1 rings (SSSR count). The normalized spacial score (nSPS) is 22.8. The van der Waals surface area contributed by atoms with Crippen molar-refractivity contribution in [2.75, 3.05) is 26.7 Å². The minimum Gasteiger partial charge on any atom is -0.359 e. The van der Waals surface area contributed by atoms with Crippen molar-refractivity contribution in [3.63, 3.8) is 0 Å². The number of hydrogen-bond acceptors (Lipinski definition) is 3. The molecule has 0 aliphatic carbocycles. The second kappa shape index (κ2) is 5.85. The first-order valence-electron chi connectivity index (χ1n) is 5.63. The summed E-state index contributed by atoms with van der Waals surface area (Å²) < 4.78 is 0. The van der Waals surface area contributed by atoms with Crippen LogP contribution in [0.4, 0.5) is 0 Å². The van der Waals surface area contributed by atoms with Gasteiger partial charge in [0.05, 0.1) is 0 Å². The summed E-state index contributed by atoms with van der Waals surface area (Å²) in [4.78, 5) is 24.7. The topological polar surface area (TPSA) is 49.4 Å². The molecule has 15 heavy (non-hydrogen) atoms. The third-order valence-corrected chi connectivity index (χ3v) is 3.04. The zero-order valence-corrected chi connectivity index (χ0v) is 9.58. The zero-order valence-electron chi connectivity index (χ0n) is 9.58. The number of hydrogen-bond donors (Lipinski definition) is 1. The van der Waals surface area contributed by atoms with Crippen molar-refractivity contribution in [3.05, 3.63) is 0 Å². The summed E-state index contributed by atoms with van der Waals surface area (Å²) >= 11 is 0. The molecule has 0 aromatic heterocycles. The number of amides is 1. The first-order valence-corrected chi connectivity index (χ1v) is 5.63. The van der Waals surface area contributed by atoms with Crippen LogP contribution in [0.5, 0.6) is 0 Å². The van der Waals surface area contributed by atoms with Crippen LogP contribution in [-0.4, -0.2) is 43.3 Å². The summed E-state index contributed by atoms with van der Waals surface area (Å²) in [5.41, 5.74) is 0. The summed E-state index contributed by atoms with van der Waals surface area (Å²) in [6, 6.07) is 0. The average molecular weight is 212 g/mol. The Kier molecular flexibility index (Phi) is 4.75. The minimum absolute atomic E-state index is 0.0694. The molecule has 0 bridgehead atoms. The van der Waals surface area contributed by atoms with Gasteiger partial charge in [0, 0.05) is 45.4 Å². The summed E-state index contributed by atoms with van der Waals surface area (Å²) in [6.45, 7) is 4.45. The Morgan fingerprint density at radius 2 is 2.33 bits per heavy atom. The van der Waals surface area contributed by atoms with E-state index in [-0.39, 0.29) is 11.8 Å². The van der Waals surface area contributed by atoms with E-state index in [9.17, 15) is 9.59 Å². The Morgan fingerprint density at radius 3 is 2.93 bits per heavy atom. The maximum absolute atomic E-state index is 11.5. The first kappa shape index (κ1) is 12.2. The summed E-state index contributed by atoms with van der Waals surface area (Å²) in [5, 5.41) is 2.61. The van der Waals surface area contributed by atoms with E-state index in [0.29, 0.717) is 18.6 Å². The van der Waals surface area contributed by atoms with Crippen LogP contribution in [0.1, 0.15) is 26.2 Å². The van der Waals surface area contributed by atoms with E-state index in [1.165, 1.54) is 0 Å². The van der Waals surface area contributed by atoms with Crippen molar-refractivity contribution in [2.24, 2.45) is 5.92 Å². The highest BCUT2D eigenvalue weighted by molar-refractivity contribution is 5.82. The van der Waals surface area contributed by atoms with Gasteiger partial charge < -0.3 is 10.2 Å². The molecule has 1 unspecified atom stereocenters. The van der Waals surface area contributed by atoms with Gasteiger partial charge in [-0.3, -0.25) is 9.59 Å². The van der Waals surface area contributed by atoms with Gasteiger partial charge in [-0.2, -0.15) is 0 Å². The molecular weight excluding hydrogens is 192 g/mol. The van der Waals surface area contributed by atoms with Gasteiger partial charge >= 0.3 is 0 Å². The number of nitrogens with zero attached hydrogens (tertiary/aromatic N) is 1. The molecule has 0 radical (unpaired) electrons. The van der Waals surface area contributed by atoms with E-state index in [0.717, 1.165) is 26.1 Å². The molecule has 1 aliphatic heterocycles. The van der Waals surface area contributed by atoms with Crippen LogP contribution in [-0.2, 0) is 9.59 Å². The number of piperidine rings is 1. The molecule has 0 aromatic carbocycles. The van der Waals surface area contributed by atoms with E-state index >= 15 is 0 Å². The smallest absolute Gasteiger partial charge is 0.221 e. The van der Waals surface area contributed by atoms with Gasteiger partial charge in [0.2, 0.25) is 5.91 Å². The van der Waals surface area contributed by atoms with Gasteiger partial charge in [0.1, 0.15) is 5.78 Å². The first-order chi connectivity index (χ1) is 7.17. The van der Waals surface area contributed by atoms with Crippen LogP contribution in [0.2, 0.25) is 0 Å². The summed E-state index contributed by atoms with van der Waals surface area (Å²) in [6.07, 6.45) is 2.09. The van der Waals surface area contributed by atoms with Gasteiger partial charge in [-0.1, -0.05) is 6.92 Å². The van der Waals surface area contributed by atoms with Crippen molar-refractivity contribution >= 4 is 11.7 Å². The lowest BCUT2D eigenvalue weighted by Crippen LogP contribution is -2.41. The van der Waals surface area contributed by atoms with Crippen molar-refractivity contribution in [1.29, 1.82) is 0 Å². The van der Waals surface area contributed by atoms with Crippen LogP contribution < -0.4 is 5.32 Å². The van der Waals surface area contributed by atoms with E-state index in [2.05, 4.69) is 10.2 Å². The molecule has 1 heterocycles. The average Bonchev–Trinajstić information content (AvgIpc) is 2.27. The predicted molar refractivity (Wildman–Crippen MR) is 58.5 cm³/mol. The maximum atomic E-state index is 11.5. The van der Waals surface area contributed by atoms with Crippen molar-refractivity contribution in [3.8, 4) is 0 Å². The lowest BCUT2D eigenvalue weighted by atomic mass is 9.94. The lowest BCUT2D eigenvalue weighted by Gasteiger charge is -2.30. The van der Waals surface area contributed by atoms with Crippen LogP contribution in [0.15, 0.2) is 0 Å². The number of nitrogens with one attached hydrogen (secondary N) is 1. The van der Waals surface area contributed by atoms with Gasteiger partial charge in [-0.25, -0.2) is 0 Å². The third-order valence-electron chi connectivity index (χ3n) is 3.04. The predicted octanol–water partition coefficient (Wildman–Crippen LogP) is 0.424. The molecule has 1 amide bonds. The highest BCUT2D eigenvalue weighted by Gasteiger charge is 2.25. The molecule has 1 N–H and O–H groups in total. The SMILES string of the molecule is CCC1CN(CCC(=O)NC)CCC1=O. The molecule has 1 saturated heterocycles. The Labute approximate surface area is 91.0 Å². The molecule has 0 aromatic rings. The fourth-order valence-electron chi connectivity index (χ4n) is 1.92. The quantitative estimate of drug-likeness (QED) is 0.735. The Morgan fingerprint density at radius 1 is 1.60 bits per heavy atom. The van der Waals surface area contributed by atoms with Crippen molar-refractivity contribution < 1.29 is 9.59 Å². The minimum atomic E-state index is 0.0694. The van der Waals surface area contributed by atoms with Crippen LogP contribution in [0.25, 0.3) is 0 Å². The Bertz CT molecular complexity index is 241. The van der Waals surface area contributed by atoms with Crippen molar-refractivity contribution in [1.82, 2.24) is 10.2 Å². The van der Waals surface area contributed by atoms with Gasteiger partial charge in [-0.05, 0) is 6.42 Å². The van der Waals surface area contributed by atoms with Gasteiger partial charge in [-0.15, -0.1) is 0 Å². The highest BCUT2D eigenvalue weighted by Crippen LogP contribution is 2.15. The summed E-state index contributed by atoms with van der Waals surface area (Å²) in [5.74, 6) is 0.636. The van der Waals surface area contributed by atoms with Gasteiger partial charge in [0.25, 0.3) is 0 Å². The fraction of sp³-hybridized carbons (Fsp3) is 0.818. The van der Waals surface area contributed by atoms with E-state index in [1.54, 1.807) is 7.05 Å². The number of rotatable bonds is 4. The number of likely N-dealkylation sites (tertiary alicyclic amines) is 1. The molecule has 1 aliphatic rings. The largest absolute Gasteiger partial charge is 0.359 e. The molecule has 86 valence electrons. The second-order valence-electron chi connectivity index (χ2n) is 4.05. The molecule has 0 spiro atoms. The number of ketones is 1. The molecular formula is C11H20N2O2. The monoisotopic (exact) mass is 212 g/mol. The number of carbonyl (C=O) groups is 2. The number of Topliss-reactive ketones (excluding diaryl/α,β-unsaturated/α-hetero) is 1. The molecule has 4 heteroatoms. The third kappa shape index (κ3) is 3.63. The Hall–Kier alpha value is -0.900. The van der Waals surface area contributed by atoms with Crippen LogP contribution >= 0.6 is 0 Å². The standard InChI is InChI=1S/C11H20N2O2/c1-3-9-8-13(6-4-10(9)14)7-5-11(15)12-2/h9H,3-8H2,1-2H3,(H,12,15). The number of carbonyl (C=O) groups excluding carboxylic acids is 2. The fourth-order valence-corrected chi connectivity index (χ4v) is 1.92. The highest BCUT2D eigenvalue weighted by atomic mass is 16.1. The van der Waals surface area contributed by atoms with E-state index < -0.39 is 0 Å². The lowest BCUT2D eigenvalue weighted by molar-refractivity contribution is -0.126. The summed E-state index contributed by atoms with van der Waals surface area (Å²) in [7, 11) is 1.65. The Balaban J connectivity index is 2.32. The molecule has 0 saturated carbocycles. The van der Waals surface area contributed by atoms with Crippen LogP contribution in [0, 0.1) is 5.92 Å². The van der Waals surface area contributed by atoms with Crippen molar-refractivity contribution in [2.45, 2.75) is 26.2 Å². The van der Waals surface area contributed by atoms with Gasteiger partial charge in [0.15, 0.2) is 0 Å². The maximum Gasteiger partial charge on any atom is 0.221 e. The van der Waals surface area contributed by atoms with Crippen LogP contribution in [0.3, 0.4) is 0 Å². The van der Waals surface area contributed by atoms with E-state index in [4.69, 9.17) is 0 Å².